The van der Waals surface area contributed by atoms with Gasteiger partial charge in [0.15, 0.2) is 15.8 Å². The summed E-state index contributed by atoms with van der Waals surface area (Å²) in [7, 11) is 3.02. The fourth-order valence-electron chi connectivity index (χ4n) is 1.81. The molecule has 0 bridgehead atoms. The van der Waals surface area contributed by atoms with Crippen LogP contribution in [0.4, 0.5) is 5.13 Å². The maximum atomic E-state index is 12.4. The molecule has 0 saturated heterocycles. The zero-order valence-corrected chi connectivity index (χ0v) is 14.8. The molecule has 1 heterocycles. The second-order valence-corrected chi connectivity index (χ2v) is 6.21. The van der Waals surface area contributed by atoms with Crippen LogP contribution in [0.25, 0.3) is 0 Å². The molecule has 1 amide bonds. The van der Waals surface area contributed by atoms with Crippen LogP contribution in [0, 0.1) is 0 Å². The minimum Gasteiger partial charge on any atom is -0.493 e. The van der Waals surface area contributed by atoms with Crippen molar-refractivity contribution in [3.05, 3.63) is 17.7 Å². The number of aromatic nitrogens is 2. The molecule has 0 unspecified atom stereocenters. The molecule has 124 valence electrons. The van der Waals surface area contributed by atoms with Crippen LogP contribution in [-0.4, -0.2) is 43.2 Å². The van der Waals surface area contributed by atoms with Crippen molar-refractivity contribution < 1.29 is 19.0 Å². The van der Waals surface area contributed by atoms with Gasteiger partial charge in [0.2, 0.25) is 10.9 Å². The highest BCUT2D eigenvalue weighted by Gasteiger charge is 2.18. The SMILES string of the molecule is CCOc1c(OC)cc(C(=O)Nc2nnc(SC)s2)cc1OC. The molecule has 0 radical (unpaired) electrons. The van der Waals surface area contributed by atoms with Gasteiger partial charge in [0, 0.05) is 5.56 Å². The minimum absolute atomic E-state index is 0.326. The molecule has 0 saturated carbocycles. The summed E-state index contributed by atoms with van der Waals surface area (Å²) in [5.41, 5.74) is 0.378. The molecular weight excluding hydrogens is 338 g/mol. The Kier molecular flexibility index (Phi) is 6.05. The van der Waals surface area contributed by atoms with Crippen molar-refractivity contribution in [1.82, 2.24) is 10.2 Å². The molecule has 2 rings (SSSR count). The molecule has 1 N–H and O–H groups in total. The Bertz CT molecular complexity index is 665. The van der Waals surface area contributed by atoms with Gasteiger partial charge < -0.3 is 14.2 Å². The third kappa shape index (κ3) is 4.05. The average Bonchev–Trinajstić information content (AvgIpc) is 3.02. The van der Waals surface area contributed by atoms with Crippen molar-refractivity contribution in [2.45, 2.75) is 11.3 Å². The summed E-state index contributed by atoms with van der Waals surface area (Å²) in [6, 6.07) is 3.19. The van der Waals surface area contributed by atoms with Crippen LogP contribution in [0.15, 0.2) is 16.5 Å². The number of nitrogens with one attached hydrogen (secondary N) is 1. The molecule has 0 aliphatic heterocycles. The number of hydrogen-bond donors (Lipinski definition) is 1. The van der Waals surface area contributed by atoms with Crippen LogP contribution >= 0.6 is 23.1 Å². The van der Waals surface area contributed by atoms with E-state index in [0.29, 0.717) is 34.6 Å². The lowest BCUT2D eigenvalue weighted by Crippen LogP contribution is -2.12. The Morgan fingerprint density at radius 3 is 2.39 bits per heavy atom. The maximum Gasteiger partial charge on any atom is 0.257 e. The van der Waals surface area contributed by atoms with Crippen molar-refractivity contribution >= 4 is 34.1 Å². The first-order valence-corrected chi connectivity index (χ1v) is 8.74. The van der Waals surface area contributed by atoms with Crippen molar-refractivity contribution in [2.75, 3.05) is 32.4 Å². The molecule has 1 aromatic carbocycles. The number of amides is 1. The van der Waals surface area contributed by atoms with Crippen molar-refractivity contribution in [3.63, 3.8) is 0 Å². The molecule has 23 heavy (non-hydrogen) atoms. The number of carbonyl (C=O) groups excluding carboxylic acids is 1. The van der Waals surface area contributed by atoms with Gasteiger partial charge in [0.1, 0.15) is 0 Å². The lowest BCUT2D eigenvalue weighted by Gasteiger charge is -2.14. The lowest BCUT2D eigenvalue weighted by molar-refractivity contribution is 0.102. The van der Waals surface area contributed by atoms with Crippen LogP contribution in [0.3, 0.4) is 0 Å². The van der Waals surface area contributed by atoms with E-state index in [1.54, 1.807) is 12.1 Å². The fourth-order valence-corrected chi connectivity index (χ4v) is 2.97. The van der Waals surface area contributed by atoms with E-state index in [4.69, 9.17) is 14.2 Å². The number of nitrogens with zero attached hydrogens (tertiary/aromatic N) is 2. The Morgan fingerprint density at radius 1 is 1.26 bits per heavy atom. The number of thioether (sulfide) groups is 1. The van der Waals surface area contributed by atoms with E-state index < -0.39 is 0 Å². The maximum absolute atomic E-state index is 12.4. The lowest BCUT2D eigenvalue weighted by atomic mass is 10.1. The van der Waals surface area contributed by atoms with E-state index in [1.165, 1.54) is 37.3 Å². The molecule has 0 fully saturated rings. The molecule has 1 aromatic heterocycles. The van der Waals surface area contributed by atoms with E-state index in [2.05, 4.69) is 15.5 Å². The molecule has 2 aromatic rings. The number of anilines is 1. The normalized spacial score (nSPS) is 10.3. The fraction of sp³-hybridized carbons (Fsp3) is 0.357. The average molecular weight is 355 g/mol. The number of carbonyl (C=O) groups is 1. The molecule has 0 aliphatic rings. The second kappa shape index (κ2) is 8.02. The van der Waals surface area contributed by atoms with Crippen LogP contribution in [-0.2, 0) is 0 Å². The summed E-state index contributed by atoms with van der Waals surface area (Å²) >= 11 is 2.78. The quantitative estimate of drug-likeness (QED) is 0.604. The van der Waals surface area contributed by atoms with Crippen molar-refractivity contribution in [2.24, 2.45) is 0 Å². The summed E-state index contributed by atoms with van der Waals surface area (Å²) in [5, 5.41) is 11.0. The smallest absolute Gasteiger partial charge is 0.257 e. The number of hydrogen-bond acceptors (Lipinski definition) is 8. The highest BCUT2D eigenvalue weighted by molar-refractivity contribution is 8.00. The molecule has 0 atom stereocenters. The Hall–Kier alpha value is -2.00. The predicted octanol–water partition coefficient (Wildman–Crippen LogP) is 2.93. The van der Waals surface area contributed by atoms with E-state index in [-0.39, 0.29) is 5.91 Å². The summed E-state index contributed by atoms with van der Waals surface area (Å²) in [5.74, 6) is 1.000. The van der Waals surface area contributed by atoms with Crippen LogP contribution in [0.1, 0.15) is 17.3 Å². The van der Waals surface area contributed by atoms with Gasteiger partial charge in [-0.05, 0) is 25.3 Å². The summed E-state index contributed by atoms with van der Waals surface area (Å²) in [6.45, 7) is 2.32. The van der Waals surface area contributed by atoms with E-state index >= 15 is 0 Å². The first-order valence-electron chi connectivity index (χ1n) is 6.70. The number of rotatable bonds is 7. The minimum atomic E-state index is -0.326. The van der Waals surface area contributed by atoms with E-state index in [9.17, 15) is 4.79 Å². The molecule has 9 heteroatoms. The van der Waals surface area contributed by atoms with E-state index in [0.717, 1.165) is 4.34 Å². The molecule has 0 spiro atoms. The van der Waals surface area contributed by atoms with Gasteiger partial charge in [-0.15, -0.1) is 10.2 Å². The number of methoxy groups -OCH3 is 2. The zero-order chi connectivity index (χ0) is 16.8. The molecular formula is C14H17N3O4S2. The Morgan fingerprint density at radius 2 is 1.91 bits per heavy atom. The van der Waals surface area contributed by atoms with Gasteiger partial charge in [0.25, 0.3) is 5.91 Å². The monoisotopic (exact) mass is 355 g/mol. The number of ether oxygens (including phenoxy) is 3. The van der Waals surface area contributed by atoms with Crippen molar-refractivity contribution in [3.8, 4) is 17.2 Å². The van der Waals surface area contributed by atoms with Gasteiger partial charge in [-0.1, -0.05) is 23.1 Å². The van der Waals surface area contributed by atoms with E-state index in [1.807, 2.05) is 13.2 Å². The largest absolute Gasteiger partial charge is 0.493 e. The van der Waals surface area contributed by atoms with Crippen LogP contribution in [0.5, 0.6) is 17.2 Å². The summed E-state index contributed by atoms with van der Waals surface area (Å²) in [4.78, 5) is 12.4. The molecule has 0 aliphatic carbocycles. The predicted molar refractivity (Wildman–Crippen MR) is 90.4 cm³/mol. The van der Waals surface area contributed by atoms with Gasteiger partial charge in [0.05, 0.1) is 20.8 Å². The third-order valence-electron chi connectivity index (χ3n) is 2.81. The topological polar surface area (TPSA) is 82.6 Å². The van der Waals surface area contributed by atoms with Crippen LogP contribution < -0.4 is 19.5 Å². The highest BCUT2D eigenvalue weighted by Crippen LogP contribution is 2.38. The first-order chi connectivity index (χ1) is 11.1. The van der Waals surface area contributed by atoms with Gasteiger partial charge in [-0.2, -0.15) is 0 Å². The Labute approximate surface area is 142 Å². The summed E-state index contributed by atoms with van der Waals surface area (Å²) in [6.07, 6.45) is 1.90. The van der Waals surface area contributed by atoms with Crippen molar-refractivity contribution in [1.29, 1.82) is 0 Å². The van der Waals surface area contributed by atoms with Crippen LogP contribution in [0.2, 0.25) is 0 Å². The van der Waals surface area contributed by atoms with Gasteiger partial charge in [-0.3, -0.25) is 10.1 Å². The van der Waals surface area contributed by atoms with Gasteiger partial charge in [-0.25, -0.2) is 0 Å². The third-order valence-corrected chi connectivity index (χ3v) is 4.63. The zero-order valence-electron chi connectivity index (χ0n) is 13.2. The Balaban J connectivity index is 2.29. The number of benzene rings is 1. The highest BCUT2D eigenvalue weighted by atomic mass is 32.2. The standard InChI is InChI=1S/C14H17N3O4S2/c1-5-21-11-9(19-2)6-8(7-10(11)20-3)12(18)15-13-16-17-14(22-4)23-13/h6-7H,5H2,1-4H3,(H,15,16,18). The first kappa shape index (κ1) is 17.4. The second-order valence-electron chi connectivity index (χ2n) is 4.17. The summed E-state index contributed by atoms with van der Waals surface area (Å²) < 4.78 is 16.9. The van der Waals surface area contributed by atoms with Gasteiger partial charge >= 0.3 is 0 Å². The molecule has 7 nitrogen and oxygen atoms in total.